The van der Waals surface area contributed by atoms with Crippen LogP contribution in [-0.2, 0) is 9.53 Å². The third-order valence-electron chi connectivity index (χ3n) is 3.14. The van der Waals surface area contributed by atoms with Gasteiger partial charge in [0.2, 0.25) is 5.91 Å². The minimum Gasteiger partial charge on any atom is -0.378 e. The maximum Gasteiger partial charge on any atom is 0.222 e. The largest absolute Gasteiger partial charge is 0.378 e. The first-order chi connectivity index (χ1) is 7.34. The Morgan fingerprint density at radius 3 is 2.80 bits per heavy atom. The van der Waals surface area contributed by atoms with E-state index in [1.165, 1.54) is 0 Å². The second-order valence-electron chi connectivity index (χ2n) is 4.43. The predicted molar refractivity (Wildman–Crippen MR) is 57.6 cm³/mol. The molecule has 0 aromatic rings. The van der Waals surface area contributed by atoms with Crippen LogP contribution in [0.2, 0.25) is 0 Å². The van der Waals surface area contributed by atoms with Crippen molar-refractivity contribution in [3.05, 3.63) is 0 Å². The molecule has 1 amide bonds. The number of piperidine rings is 1. The Morgan fingerprint density at radius 1 is 1.33 bits per heavy atom. The molecule has 1 unspecified atom stereocenters. The lowest BCUT2D eigenvalue weighted by atomic mass is 10.1. The monoisotopic (exact) mass is 212 g/mol. The maximum atomic E-state index is 11.7. The Labute approximate surface area is 90.8 Å². The summed E-state index contributed by atoms with van der Waals surface area (Å²) in [6.45, 7) is 2.86. The van der Waals surface area contributed by atoms with Gasteiger partial charge in [0.25, 0.3) is 0 Å². The highest BCUT2D eigenvalue weighted by Crippen LogP contribution is 2.15. The fourth-order valence-electron chi connectivity index (χ4n) is 2.26. The second kappa shape index (κ2) is 5.47. The zero-order valence-electron chi connectivity index (χ0n) is 9.13. The molecule has 0 aromatic carbocycles. The summed E-state index contributed by atoms with van der Waals surface area (Å²) in [5.41, 5.74) is 0. The Bertz CT molecular complexity index is 209. The van der Waals surface area contributed by atoms with Crippen molar-refractivity contribution < 1.29 is 9.53 Å². The normalized spacial score (nSPS) is 27.9. The lowest BCUT2D eigenvalue weighted by Gasteiger charge is -2.24. The smallest absolute Gasteiger partial charge is 0.222 e. The number of carbonyl (C=O) groups is 1. The van der Waals surface area contributed by atoms with Crippen molar-refractivity contribution in [3.8, 4) is 0 Å². The zero-order chi connectivity index (χ0) is 10.5. The molecule has 2 rings (SSSR count). The molecule has 0 aliphatic carbocycles. The molecule has 0 bridgehead atoms. The molecular formula is C11H20N2O2. The van der Waals surface area contributed by atoms with E-state index in [0.29, 0.717) is 12.5 Å². The summed E-state index contributed by atoms with van der Waals surface area (Å²) in [7, 11) is 0. The highest BCUT2D eigenvalue weighted by Gasteiger charge is 2.21. The van der Waals surface area contributed by atoms with Gasteiger partial charge in [-0.2, -0.15) is 0 Å². The molecule has 86 valence electrons. The van der Waals surface area contributed by atoms with Gasteiger partial charge in [-0.25, -0.2) is 0 Å². The lowest BCUT2D eigenvalue weighted by Crippen LogP contribution is -2.43. The summed E-state index contributed by atoms with van der Waals surface area (Å²) in [5.74, 6) is 0.161. The average molecular weight is 212 g/mol. The molecule has 2 saturated heterocycles. The molecular weight excluding hydrogens is 192 g/mol. The first-order valence-corrected chi connectivity index (χ1v) is 5.96. The number of amides is 1. The number of hydrogen-bond donors (Lipinski definition) is 2. The van der Waals surface area contributed by atoms with E-state index in [9.17, 15) is 4.79 Å². The molecule has 2 heterocycles. The molecule has 2 aliphatic heterocycles. The summed E-state index contributed by atoms with van der Waals surface area (Å²) in [6.07, 6.45) is 4.97. The van der Waals surface area contributed by atoms with Gasteiger partial charge in [0.1, 0.15) is 0 Å². The highest BCUT2D eigenvalue weighted by atomic mass is 16.5. The van der Waals surface area contributed by atoms with Crippen LogP contribution >= 0.6 is 0 Å². The van der Waals surface area contributed by atoms with Crippen molar-refractivity contribution in [3.63, 3.8) is 0 Å². The first kappa shape index (κ1) is 10.9. The number of carbonyl (C=O) groups excluding carboxylic acids is 1. The number of nitrogens with one attached hydrogen (secondary N) is 2. The van der Waals surface area contributed by atoms with E-state index in [1.807, 2.05) is 0 Å². The van der Waals surface area contributed by atoms with E-state index in [4.69, 9.17) is 4.74 Å². The van der Waals surface area contributed by atoms with Crippen molar-refractivity contribution in [1.29, 1.82) is 0 Å². The third kappa shape index (κ3) is 3.47. The van der Waals surface area contributed by atoms with E-state index in [2.05, 4.69) is 10.6 Å². The van der Waals surface area contributed by atoms with Gasteiger partial charge < -0.3 is 15.4 Å². The molecule has 0 spiro atoms. The van der Waals surface area contributed by atoms with E-state index < -0.39 is 0 Å². The van der Waals surface area contributed by atoms with Gasteiger partial charge in [0, 0.05) is 12.6 Å². The topological polar surface area (TPSA) is 50.4 Å². The van der Waals surface area contributed by atoms with Gasteiger partial charge in [-0.1, -0.05) is 0 Å². The summed E-state index contributed by atoms with van der Waals surface area (Å²) < 4.78 is 5.44. The van der Waals surface area contributed by atoms with Gasteiger partial charge in [-0.3, -0.25) is 4.79 Å². The minimum atomic E-state index is 0.161. The average Bonchev–Trinajstić information content (AvgIpc) is 2.71. The Kier molecular flexibility index (Phi) is 3.97. The van der Waals surface area contributed by atoms with Gasteiger partial charge in [0.15, 0.2) is 0 Å². The summed E-state index contributed by atoms with van der Waals surface area (Å²) in [4.78, 5) is 11.7. The second-order valence-corrected chi connectivity index (χ2v) is 4.43. The van der Waals surface area contributed by atoms with Crippen LogP contribution in [0.5, 0.6) is 0 Å². The molecule has 4 heteroatoms. The maximum absolute atomic E-state index is 11.7. The Morgan fingerprint density at radius 2 is 2.13 bits per heavy atom. The molecule has 4 nitrogen and oxygen atoms in total. The third-order valence-corrected chi connectivity index (χ3v) is 3.14. The van der Waals surface area contributed by atoms with E-state index >= 15 is 0 Å². The molecule has 0 aromatic heterocycles. The van der Waals surface area contributed by atoms with Crippen LogP contribution in [0.25, 0.3) is 0 Å². The van der Waals surface area contributed by atoms with Crippen molar-refractivity contribution in [2.75, 3.05) is 19.7 Å². The SMILES string of the molecule is O=C(CC1CCCO1)NC1CCNCC1. The molecule has 1 atom stereocenters. The summed E-state index contributed by atoms with van der Waals surface area (Å²) in [5, 5.41) is 6.37. The number of rotatable bonds is 3. The van der Waals surface area contributed by atoms with Crippen molar-refractivity contribution in [2.24, 2.45) is 0 Å². The Hall–Kier alpha value is -0.610. The molecule has 15 heavy (non-hydrogen) atoms. The van der Waals surface area contributed by atoms with Crippen LogP contribution in [-0.4, -0.2) is 37.7 Å². The van der Waals surface area contributed by atoms with Crippen molar-refractivity contribution in [1.82, 2.24) is 10.6 Å². The number of ether oxygens (including phenoxy) is 1. The van der Waals surface area contributed by atoms with Gasteiger partial charge in [0.05, 0.1) is 12.5 Å². The van der Waals surface area contributed by atoms with E-state index in [-0.39, 0.29) is 12.0 Å². The van der Waals surface area contributed by atoms with Crippen LogP contribution in [0.1, 0.15) is 32.1 Å². The van der Waals surface area contributed by atoms with Gasteiger partial charge >= 0.3 is 0 Å². The van der Waals surface area contributed by atoms with Crippen molar-refractivity contribution >= 4 is 5.91 Å². The molecule has 2 N–H and O–H groups in total. The van der Waals surface area contributed by atoms with E-state index in [1.54, 1.807) is 0 Å². The molecule has 2 fully saturated rings. The lowest BCUT2D eigenvalue weighted by molar-refractivity contribution is -0.124. The first-order valence-electron chi connectivity index (χ1n) is 5.96. The molecule has 0 saturated carbocycles. The fourth-order valence-corrected chi connectivity index (χ4v) is 2.26. The van der Waals surface area contributed by atoms with Crippen LogP contribution < -0.4 is 10.6 Å². The summed E-state index contributed by atoms with van der Waals surface area (Å²) in [6, 6.07) is 0.375. The minimum absolute atomic E-state index is 0.161. The van der Waals surface area contributed by atoms with Crippen molar-refractivity contribution in [2.45, 2.75) is 44.2 Å². The number of hydrogen-bond acceptors (Lipinski definition) is 3. The van der Waals surface area contributed by atoms with Crippen LogP contribution in [0.3, 0.4) is 0 Å². The van der Waals surface area contributed by atoms with Crippen LogP contribution in [0, 0.1) is 0 Å². The summed E-state index contributed by atoms with van der Waals surface area (Å²) >= 11 is 0. The van der Waals surface area contributed by atoms with Gasteiger partial charge in [-0.15, -0.1) is 0 Å². The van der Waals surface area contributed by atoms with Crippen LogP contribution in [0.15, 0.2) is 0 Å². The molecule has 0 radical (unpaired) electrons. The fraction of sp³-hybridized carbons (Fsp3) is 0.909. The van der Waals surface area contributed by atoms with E-state index in [0.717, 1.165) is 45.4 Å². The molecule has 2 aliphatic rings. The van der Waals surface area contributed by atoms with Crippen LogP contribution in [0.4, 0.5) is 0 Å². The zero-order valence-corrected chi connectivity index (χ0v) is 9.13. The van der Waals surface area contributed by atoms with Gasteiger partial charge in [-0.05, 0) is 38.8 Å². The standard InChI is InChI=1S/C11H20N2O2/c14-11(8-10-2-1-7-15-10)13-9-3-5-12-6-4-9/h9-10,12H,1-8H2,(H,13,14). The highest BCUT2D eigenvalue weighted by molar-refractivity contribution is 5.76. The Balaban J connectivity index is 1.66. The predicted octanol–water partition coefficient (Wildman–Crippen LogP) is 0.424. The quantitative estimate of drug-likeness (QED) is 0.713.